The SMILES string of the molecule is CCc1ccc(OCC(O)CNCC2(C)CCC2)cc1. The van der Waals surface area contributed by atoms with Crippen molar-refractivity contribution in [3.8, 4) is 5.75 Å². The quantitative estimate of drug-likeness (QED) is 0.768. The second-order valence-electron chi connectivity index (χ2n) is 6.26. The second kappa shape index (κ2) is 7.09. The summed E-state index contributed by atoms with van der Waals surface area (Å²) in [7, 11) is 0. The van der Waals surface area contributed by atoms with Gasteiger partial charge in [-0.3, -0.25) is 0 Å². The summed E-state index contributed by atoms with van der Waals surface area (Å²) >= 11 is 0. The molecule has 1 atom stereocenters. The van der Waals surface area contributed by atoms with E-state index in [0.29, 0.717) is 18.6 Å². The summed E-state index contributed by atoms with van der Waals surface area (Å²) in [4.78, 5) is 0. The highest BCUT2D eigenvalue weighted by atomic mass is 16.5. The van der Waals surface area contributed by atoms with E-state index < -0.39 is 6.10 Å². The van der Waals surface area contributed by atoms with Gasteiger partial charge in [0.15, 0.2) is 0 Å². The Morgan fingerprint density at radius 2 is 2.00 bits per heavy atom. The Hall–Kier alpha value is -1.06. The summed E-state index contributed by atoms with van der Waals surface area (Å²) < 4.78 is 5.60. The molecule has 1 aliphatic carbocycles. The van der Waals surface area contributed by atoms with Crippen molar-refractivity contribution in [3.05, 3.63) is 29.8 Å². The molecule has 1 unspecified atom stereocenters. The number of hydrogen-bond acceptors (Lipinski definition) is 3. The van der Waals surface area contributed by atoms with Crippen LogP contribution in [0.15, 0.2) is 24.3 Å². The van der Waals surface area contributed by atoms with Crippen LogP contribution in [0.4, 0.5) is 0 Å². The maximum absolute atomic E-state index is 9.91. The molecule has 0 saturated heterocycles. The Labute approximate surface area is 122 Å². The number of aryl methyl sites for hydroxylation is 1. The van der Waals surface area contributed by atoms with Crippen LogP contribution < -0.4 is 10.1 Å². The van der Waals surface area contributed by atoms with E-state index in [1.807, 2.05) is 12.1 Å². The third-order valence-corrected chi connectivity index (χ3v) is 4.27. The first-order chi connectivity index (χ1) is 9.61. The van der Waals surface area contributed by atoms with Gasteiger partial charge in [0.1, 0.15) is 18.5 Å². The molecule has 0 spiro atoms. The van der Waals surface area contributed by atoms with Crippen molar-refractivity contribution in [2.24, 2.45) is 5.41 Å². The minimum absolute atomic E-state index is 0.342. The maximum Gasteiger partial charge on any atom is 0.119 e. The number of hydrogen-bond donors (Lipinski definition) is 2. The fourth-order valence-electron chi connectivity index (χ4n) is 2.57. The van der Waals surface area contributed by atoms with Crippen LogP contribution in [0.25, 0.3) is 0 Å². The van der Waals surface area contributed by atoms with Crippen molar-refractivity contribution in [2.75, 3.05) is 19.7 Å². The van der Waals surface area contributed by atoms with Crippen LogP contribution in [0.2, 0.25) is 0 Å². The van der Waals surface area contributed by atoms with Crippen LogP contribution in [0.5, 0.6) is 5.75 Å². The van der Waals surface area contributed by atoms with Gasteiger partial charge in [-0.25, -0.2) is 0 Å². The van der Waals surface area contributed by atoms with Gasteiger partial charge in [-0.05, 0) is 42.4 Å². The number of rotatable bonds is 8. The summed E-state index contributed by atoms with van der Waals surface area (Å²) in [6.45, 7) is 6.38. The zero-order valence-corrected chi connectivity index (χ0v) is 12.7. The van der Waals surface area contributed by atoms with Gasteiger partial charge in [0.25, 0.3) is 0 Å². The molecule has 1 aromatic rings. The van der Waals surface area contributed by atoms with Gasteiger partial charge in [0, 0.05) is 13.1 Å². The predicted octanol–water partition coefficient (Wildman–Crippen LogP) is 2.77. The molecule has 0 aliphatic heterocycles. The third-order valence-electron chi connectivity index (χ3n) is 4.27. The number of ether oxygens (including phenoxy) is 1. The van der Waals surface area contributed by atoms with Crippen molar-refractivity contribution in [1.29, 1.82) is 0 Å². The molecule has 1 fully saturated rings. The summed E-state index contributed by atoms with van der Waals surface area (Å²) in [5.41, 5.74) is 1.75. The molecule has 3 heteroatoms. The van der Waals surface area contributed by atoms with Crippen molar-refractivity contribution in [3.63, 3.8) is 0 Å². The molecule has 1 saturated carbocycles. The molecular formula is C17H27NO2. The lowest BCUT2D eigenvalue weighted by Crippen LogP contribution is -2.41. The molecule has 1 aromatic carbocycles. The molecule has 3 nitrogen and oxygen atoms in total. The Kier molecular flexibility index (Phi) is 5.44. The van der Waals surface area contributed by atoms with E-state index in [2.05, 4.69) is 31.3 Å². The average Bonchev–Trinajstić information content (AvgIpc) is 2.44. The normalized spacial score (nSPS) is 18.4. The molecule has 2 rings (SSSR count). The van der Waals surface area contributed by atoms with E-state index in [-0.39, 0.29) is 0 Å². The largest absolute Gasteiger partial charge is 0.491 e. The van der Waals surface area contributed by atoms with Gasteiger partial charge in [-0.15, -0.1) is 0 Å². The average molecular weight is 277 g/mol. The molecule has 0 heterocycles. The second-order valence-corrected chi connectivity index (χ2v) is 6.26. The lowest BCUT2D eigenvalue weighted by atomic mass is 9.70. The zero-order valence-electron chi connectivity index (χ0n) is 12.7. The number of aliphatic hydroxyl groups is 1. The van der Waals surface area contributed by atoms with Gasteiger partial charge in [-0.1, -0.05) is 32.4 Å². The van der Waals surface area contributed by atoms with Gasteiger partial charge < -0.3 is 15.2 Å². The third kappa shape index (κ3) is 4.50. The Morgan fingerprint density at radius 1 is 1.30 bits per heavy atom. The fraction of sp³-hybridized carbons (Fsp3) is 0.647. The van der Waals surface area contributed by atoms with Crippen LogP contribution in [-0.2, 0) is 6.42 Å². The zero-order chi connectivity index (χ0) is 14.4. The summed E-state index contributed by atoms with van der Waals surface area (Å²) in [5.74, 6) is 0.826. The first-order valence-corrected chi connectivity index (χ1v) is 7.72. The smallest absolute Gasteiger partial charge is 0.119 e. The van der Waals surface area contributed by atoms with Crippen molar-refractivity contribution < 1.29 is 9.84 Å². The molecule has 0 bridgehead atoms. The van der Waals surface area contributed by atoms with Gasteiger partial charge in [0.2, 0.25) is 0 Å². The Bertz CT molecular complexity index is 398. The van der Waals surface area contributed by atoms with Crippen LogP contribution in [0.3, 0.4) is 0 Å². The molecule has 112 valence electrons. The van der Waals surface area contributed by atoms with Crippen molar-refractivity contribution >= 4 is 0 Å². The highest BCUT2D eigenvalue weighted by Gasteiger charge is 2.31. The van der Waals surface area contributed by atoms with Crippen LogP contribution in [0.1, 0.15) is 38.7 Å². The van der Waals surface area contributed by atoms with Crippen LogP contribution in [-0.4, -0.2) is 30.9 Å². The molecule has 0 radical (unpaired) electrons. The van der Waals surface area contributed by atoms with Crippen molar-refractivity contribution in [1.82, 2.24) is 5.32 Å². The van der Waals surface area contributed by atoms with Crippen LogP contribution in [0, 0.1) is 5.41 Å². The lowest BCUT2D eigenvalue weighted by molar-refractivity contribution is 0.0946. The monoisotopic (exact) mass is 277 g/mol. The molecule has 2 N–H and O–H groups in total. The molecule has 1 aliphatic rings. The molecule has 0 aromatic heterocycles. The lowest BCUT2D eigenvalue weighted by Gasteiger charge is -2.38. The van der Waals surface area contributed by atoms with E-state index >= 15 is 0 Å². The van der Waals surface area contributed by atoms with E-state index in [1.54, 1.807) is 0 Å². The summed E-state index contributed by atoms with van der Waals surface area (Å²) in [5, 5.41) is 13.3. The predicted molar refractivity (Wildman–Crippen MR) is 82.1 cm³/mol. The molecular weight excluding hydrogens is 250 g/mol. The minimum Gasteiger partial charge on any atom is -0.491 e. The topological polar surface area (TPSA) is 41.5 Å². The van der Waals surface area contributed by atoms with Crippen molar-refractivity contribution in [2.45, 2.75) is 45.6 Å². The maximum atomic E-state index is 9.91. The molecule has 0 amide bonds. The fourth-order valence-corrected chi connectivity index (χ4v) is 2.57. The molecule has 20 heavy (non-hydrogen) atoms. The minimum atomic E-state index is -0.454. The summed E-state index contributed by atoms with van der Waals surface area (Å²) in [6.07, 6.45) is 4.53. The number of aliphatic hydroxyl groups excluding tert-OH is 1. The highest BCUT2D eigenvalue weighted by Crippen LogP contribution is 2.39. The number of nitrogens with one attached hydrogen (secondary N) is 1. The standard InChI is InChI=1S/C17H27NO2/c1-3-14-5-7-16(8-6-14)20-12-15(19)11-18-13-17(2)9-4-10-17/h5-8,15,18-19H,3-4,9-13H2,1-2H3. The number of benzene rings is 1. The van der Waals surface area contributed by atoms with E-state index in [4.69, 9.17) is 4.74 Å². The first-order valence-electron chi connectivity index (χ1n) is 7.72. The Morgan fingerprint density at radius 3 is 2.55 bits per heavy atom. The van der Waals surface area contributed by atoms with E-state index in [9.17, 15) is 5.11 Å². The van der Waals surface area contributed by atoms with E-state index in [0.717, 1.165) is 18.7 Å². The van der Waals surface area contributed by atoms with Gasteiger partial charge >= 0.3 is 0 Å². The van der Waals surface area contributed by atoms with E-state index in [1.165, 1.54) is 24.8 Å². The Balaban J connectivity index is 1.62. The van der Waals surface area contributed by atoms with Crippen LogP contribution >= 0.6 is 0 Å². The first kappa shape index (κ1) is 15.3. The highest BCUT2D eigenvalue weighted by molar-refractivity contribution is 5.27. The summed E-state index contributed by atoms with van der Waals surface area (Å²) in [6, 6.07) is 8.07. The van der Waals surface area contributed by atoms with Gasteiger partial charge in [-0.2, -0.15) is 0 Å². The van der Waals surface area contributed by atoms with Gasteiger partial charge in [0.05, 0.1) is 0 Å².